The molecule has 29 heavy (non-hydrogen) atoms. The fourth-order valence-corrected chi connectivity index (χ4v) is 4.68. The summed E-state index contributed by atoms with van der Waals surface area (Å²) in [6.45, 7) is 8.19. The van der Waals surface area contributed by atoms with Crippen molar-refractivity contribution in [1.29, 1.82) is 0 Å². The van der Waals surface area contributed by atoms with E-state index in [-0.39, 0.29) is 0 Å². The van der Waals surface area contributed by atoms with Crippen LogP contribution in [0.15, 0.2) is 60.0 Å². The third kappa shape index (κ3) is 4.14. The van der Waals surface area contributed by atoms with Gasteiger partial charge in [-0.05, 0) is 41.1 Å². The van der Waals surface area contributed by atoms with Gasteiger partial charge in [-0.3, -0.25) is 0 Å². The Bertz CT molecular complexity index is 1100. The lowest BCUT2D eigenvalue weighted by Crippen LogP contribution is -2.23. The molecule has 148 valence electrons. The molecular formula is C24H24ClN3S. The van der Waals surface area contributed by atoms with E-state index in [1.165, 1.54) is 22.3 Å². The largest absolute Gasteiger partial charge is 0.352 e. The SMILES string of the molecule is CCN(Cc1ccccc1)c1nc(Cl)nc2scc(-c3ccc(C(C)C)cc3)c12. The number of rotatable bonds is 6. The van der Waals surface area contributed by atoms with E-state index in [9.17, 15) is 0 Å². The summed E-state index contributed by atoms with van der Waals surface area (Å²) in [7, 11) is 0. The Hall–Kier alpha value is -2.43. The Morgan fingerprint density at radius 2 is 1.72 bits per heavy atom. The van der Waals surface area contributed by atoms with Crippen LogP contribution in [-0.4, -0.2) is 16.5 Å². The Morgan fingerprint density at radius 3 is 2.38 bits per heavy atom. The molecule has 2 aromatic heterocycles. The monoisotopic (exact) mass is 421 g/mol. The lowest BCUT2D eigenvalue weighted by Gasteiger charge is -2.23. The Kier molecular flexibility index (Phi) is 5.84. The molecule has 0 N–H and O–H groups in total. The summed E-state index contributed by atoms with van der Waals surface area (Å²) >= 11 is 7.92. The van der Waals surface area contributed by atoms with Crippen molar-refractivity contribution in [3.05, 3.63) is 76.4 Å². The van der Waals surface area contributed by atoms with Crippen molar-refractivity contribution in [2.45, 2.75) is 33.2 Å². The number of halogens is 1. The molecule has 0 saturated carbocycles. The zero-order valence-corrected chi connectivity index (χ0v) is 18.5. The zero-order valence-electron chi connectivity index (χ0n) is 16.9. The summed E-state index contributed by atoms with van der Waals surface area (Å²) in [5, 5.41) is 3.54. The van der Waals surface area contributed by atoms with Gasteiger partial charge in [0.25, 0.3) is 0 Å². The Balaban J connectivity index is 1.82. The van der Waals surface area contributed by atoms with Crippen molar-refractivity contribution in [3.8, 4) is 11.1 Å². The van der Waals surface area contributed by atoms with E-state index < -0.39 is 0 Å². The van der Waals surface area contributed by atoms with Gasteiger partial charge >= 0.3 is 0 Å². The highest BCUT2D eigenvalue weighted by Crippen LogP contribution is 2.39. The van der Waals surface area contributed by atoms with Gasteiger partial charge in [-0.25, -0.2) is 4.98 Å². The third-order valence-corrected chi connectivity index (χ3v) is 6.21. The van der Waals surface area contributed by atoms with Crippen molar-refractivity contribution in [1.82, 2.24) is 9.97 Å². The quantitative estimate of drug-likeness (QED) is 0.309. The van der Waals surface area contributed by atoms with Crippen LogP contribution in [0.25, 0.3) is 21.3 Å². The molecule has 2 heterocycles. The number of thiophene rings is 1. The summed E-state index contributed by atoms with van der Waals surface area (Å²) in [4.78, 5) is 12.4. The minimum absolute atomic E-state index is 0.294. The Labute approximate surface area is 181 Å². The normalized spacial score (nSPS) is 11.3. The molecule has 0 saturated heterocycles. The van der Waals surface area contributed by atoms with E-state index in [0.717, 1.165) is 29.1 Å². The van der Waals surface area contributed by atoms with Crippen LogP contribution in [-0.2, 0) is 6.54 Å². The molecule has 0 fully saturated rings. The molecule has 0 aliphatic carbocycles. The van der Waals surface area contributed by atoms with Crippen molar-refractivity contribution in [2.24, 2.45) is 0 Å². The second-order valence-corrected chi connectivity index (χ2v) is 8.62. The van der Waals surface area contributed by atoms with Crippen LogP contribution in [0.5, 0.6) is 0 Å². The van der Waals surface area contributed by atoms with Crippen LogP contribution in [0.4, 0.5) is 5.82 Å². The number of hydrogen-bond acceptors (Lipinski definition) is 4. The van der Waals surface area contributed by atoms with E-state index in [1.54, 1.807) is 11.3 Å². The van der Waals surface area contributed by atoms with E-state index in [1.807, 2.05) is 6.07 Å². The van der Waals surface area contributed by atoms with Crippen LogP contribution in [0, 0.1) is 0 Å². The number of aromatic nitrogens is 2. The third-order valence-electron chi connectivity index (χ3n) is 5.17. The van der Waals surface area contributed by atoms with Gasteiger partial charge in [0, 0.05) is 24.0 Å². The van der Waals surface area contributed by atoms with E-state index in [0.29, 0.717) is 11.2 Å². The molecule has 0 aliphatic heterocycles. The maximum atomic E-state index is 6.30. The summed E-state index contributed by atoms with van der Waals surface area (Å²) in [5.74, 6) is 1.41. The molecule has 0 radical (unpaired) electrons. The fourth-order valence-electron chi connectivity index (χ4n) is 3.53. The van der Waals surface area contributed by atoms with Crippen molar-refractivity contribution < 1.29 is 0 Å². The van der Waals surface area contributed by atoms with Crippen LogP contribution in [0.2, 0.25) is 5.28 Å². The first-order valence-electron chi connectivity index (χ1n) is 9.90. The molecule has 3 nitrogen and oxygen atoms in total. The summed E-state index contributed by atoms with van der Waals surface area (Å²) in [6.07, 6.45) is 0. The maximum Gasteiger partial charge on any atom is 0.225 e. The first-order chi connectivity index (χ1) is 14.1. The molecule has 2 aromatic carbocycles. The number of fused-ring (bicyclic) bond motifs is 1. The molecule has 0 atom stereocenters. The van der Waals surface area contributed by atoms with Crippen molar-refractivity contribution in [3.63, 3.8) is 0 Å². The predicted molar refractivity (Wildman–Crippen MR) is 125 cm³/mol. The summed E-state index contributed by atoms with van der Waals surface area (Å²) in [6, 6.07) is 19.3. The van der Waals surface area contributed by atoms with Gasteiger partial charge in [0.15, 0.2) is 0 Å². The molecule has 0 aliphatic rings. The maximum absolute atomic E-state index is 6.30. The lowest BCUT2D eigenvalue weighted by atomic mass is 9.99. The molecule has 5 heteroatoms. The van der Waals surface area contributed by atoms with Crippen molar-refractivity contribution in [2.75, 3.05) is 11.4 Å². The second kappa shape index (κ2) is 8.52. The van der Waals surface area contributed by atoms with Crippen molar-refractivity contribution >= 4 is 39.0 Å². The van der Waals surface area contributed by atoms with Gasteiger partial charge in [0.2, 0.25) is 5.28 Å². The fraction of sp³-hybridized carbons (Fsp3) is 0.250. The molecular weight excluding hydrogens is 398 g/mol. The minimum Gasteiger partial charge on any atom is -0.352 e. The average molecular weight is 422 g/mol. The molecule has 4 aromatic rings. The van der Waals surface area contributed by atoms with Gasteiger partial charge in [-0.1, -0.05) is 68.4 Å². The smallest absolute Gasteiger partial charge is 0.225 e. The minimum atomic E-state index is 0.294. The zero-order chi connectivity index (χ0) is 20.4. The summed E-state index contributed by atoms with van der Waals surface area (Å²) in [5.41, 5.74) is 4.93. The van der Waals surface area contributed by atoms with Gasteiger partial charge in [0.1, 0.15) is 10.6 Å². The number of anilines is 1. The molecule has 4 rings (SSSR count). The first-order valence-corrected chi connectivity index (χ1v) is 11.2. The lowest BCUT2D eigenvalue weighted by molar-refractivity contribution is 0.817. The topological polar surface area (TPSA) is 29.0 Å². The second-order valence-electron chi connectivity index (χ2n) is 7.42. The highest BCUT2D eigenvalue weighted by atomic mass is 35.5. The molecule has 0 amide bonds. The van der Waals surface area contributed by atoms with E-state index in [4.69, 9.17) is 11.6 Å². The first kappa shape index (κ1) is 19.9. The van der Waals surface area contributed by atoms with Crippen LogP contribution in [0.1, 0.15) is 37.8 Å². The van der Waals surface area contributed by atoms with Crippen LogP contribution >= 0.6 is 22.9 Å². The molecule has 0 unspecified atom stereocenters. The highest BCUT2D eigenvalue weighted by molar-refractivity contribution is 7.17. The predicted octanol–water partition coefficient (Wildman–Crippen LogP) is 7.16. The number of hydrogen-bond donors (Lipinski definition) is 0. The molecule has 0 spiro atoms. The van der Waals surface area contributed by atoms with E-state index in [2.05, 4.69) is 89.6 Å². The van der Waals surface area contributed by atoms with Gasteiger partial charge < -0.3 is 4.90 Å². The highest BCUT2D eigenvalue weighted by Gasteiger charge is 2.19. The van der Waals surface area contributed by atoms with Gasteiger partial charge in [-0.15, -0.1) is 11.3 Å². The molecule has 0 bridgehead atoms. The van der Waals surface area contributed by atoms with Crippen LogP contribution in [0.3, 0.4) is 0 Å². The standard InChI is InChI=1S/C24H24ClN3S/c1-4-28(14-17-8-6-5-7-9-17)22-21-20(15-29-23(21)27-24(25)26-22)19-12-10-18(11-13-19)16(2)3/h5-13,15-16H,4,14H2,1-3H3. The van der Waals surface area contributed by atoms with Crippen LogP contribution < -0.4 is 4.90 Å². The number of benzene rings is 2. The number of nitrogens with zero attached hydrogens (tertiary/aromatic N) is 3. The van der Waals surface area contributed by atoms with E-state index >= 15 is 0 Å². The van der Waals surface area contributed by atoms with Gasteiger partial charge in [-0.2, -0.15) is 4.98 Å². The van der Waals surface area contributed by atoms with Gasteiger partial charge in [0.05, 0.1) is 5.39 Å². The average Bonchev–Trinajstić information content (AvgIpc) is 3.16. The Morgan fingerprint density at radius 1 is 1.00 bits per heavy atom. The summed E-state index contributed by atoms with van der Waals surface area (Å²) < 4.78 is 0.